The quantitative estimate of drug-likeness (QED) is 0.900. The normalized spacial score (nSPS) is 11.3. The summed E-state index contributed by atoms with van der Waals surface area (Å²) in [5, 5.41) is 12.3. The number of anilines is 1. The third-order valence-corrected chi connectivity index (χ3v) is 3.30. The van der Waals surface area contributed by atoms with Gasteiger partial charge in [0.15, 0.2) is 0 Å². The summed E-state index contributed by atoms with van der Waals surface area (Å²) >= 11 is 0. The van der Waals surface area contributed by atoms with Crippen molar-refractivity contribution in [2.45, 2.75) is 53.8 Å². The van der Waals surface area contributed by atoms with Crippen LogP contribution in [0.4, 0.5) is 5.82 Å². The number of hydrogen-bond acceptors (Lipinski definition) is 3. The fourth-order valence-corrected chi connectivity index (χ4v) is 2.27. The predicted octanol–water partition coefficient (Wildman–Crippen LogP) is 2.91. The van der Waals surface area contributed by atoms with Crippen molar-refractivity contribution in [3.8, 4) is 0 Å². The van der Waals surface area contributed by atoms with Crippen LogP contribution in [0.15, 0.2) is 12.3 Å². The molecule has 0 aliphatic heterocycles. The third-order valence-electron chi connectivity index (χ3n) is 3.30. The number of hydrogen-bond donors (Lipinski definition) is 1. The molecule has 0 aliphatic rings. The highest BCUT2D eigenvalue weighted by Gasteiger charge is 2.10. The highest BCUT2D eigenvalue weighted by atomic mass is 15.3. The molecule has 0 aliphatic carbocycles. The van der Waals surface area contributed by atoms with Crippen LogP contribution in [0.5, 0.6) is 0 Å². The Labute approximate surface area is 114 Å². The SMILES string of the molecule is CCn1nc(C)cc1NCc1cnn(C(C)C)c1C. The first-order valence-corrected chi connectivity index (χ1v) is 6.84. The zero-order valence-electron chi connectivity index (χ0n) is 12.4. The van der Waals surface area contributed by atoms with Gasteiger partial charge < -0.3 is 5.32 Å². The van der Waals surface area contributed by atoms with Gasteiger partial charge in [-0.15, -0.1) is 0 Å². The Morgan fingerprint density at radius 3 is 2.63 bits per heavy atom. The molecule has 2 aromatic heterocycles. The molecule has 0 bridgehead atoms. The van der Waals surface area contributed by atoms with E-state index in [1.807, 2.05) is 17.8 Å². The van der Waals surface area contributed by atoms with Crippen molar-refractivity contribution in [3.05, 3.63) is 29.2 Å². The smallest absolute Gasteiger partial charge is 0.124 e. The van der Waals surface area contributed by atoms with Crippen molar-refractivity contribution in [1.29, 1.82) is 0 Å². The average molecular weight is 261 g/mol. The minimum Gasteiger partial charge on any atom is -0.366 e. The van der Waals surface area contributed by atoms with Crippen LogP contribution in [-0.2, 0) is 13.1 Å². The molecular weight excluding hydrogens is 238 g/mol. The maximum absolute atomic E-state index is 4.43. The van der Waals surface area contributed by atoms with E-state index in [0.717, 1.165) is 24.6 Å². The van der Waals surface area contributed by atoms with Crippen molar-refractivity contribution in [2.24, 2.45) is 0 Å². The lowest BCUT2D eigenvalue weighted by Crippen LogP contribution is -2.08. The topological polar surface area (TPSA) is 47.7 Å². The van der Waals surface area contributed by atoms with Crippen LogP contribution in [0.3, 0.4) is 0 Å². The molecule has 0 aromatic carbocycles. The summed E-state index contributed by atoms with van der Waals surface area (Å²) in [4.78, 5) is 0. The van der Waals surface area contributed by atoms with Crippen LogP contribution < -0.4 is 5.32 Å². The molecule has 0 saturated carbocycles. The summed E-state index contributed by atoms with van der Waals surface area (Å²) in [6, 6.07) is 2.48. The summed E-state index contributed by atoms with van der Waals surface area (Å²) in [6.07, 6.45) is 1.95. The largest absolute Gasteiger partial charge is 0.366 e. The summed E-state index contributed by atoms with van der Waals surface area (Å²) in [5.41, 5.74) is 3.50. The van der Waals surface area contributed by atoms with E-state index in [4.69, 9.17) is 0 Å². The number of rotatable bonds is 5. The van der Waals surface area contributed by atoms with Gasteiger partial charge in [-0.1, -0.05) is 0 Å². The minimum absolute atomic E-state index is 0.400. The van der Waals surface area contributed by atoms with Crippen molar-refractivity contribution in [1.82, 2.24) is 19.6 Å². The van der Waals surface area contributed by atoms with Gasteiger partial charge in [0.05, 0.1) is 11.9 Å². The summed E-state index contributed by atoms with van der Waals surface area (Å²) in [6.45, 7) is 12.2. The lowest BCUT2D eigenvalue weighted by Gasteiger charge is -2.10. The molecule has 0 unspecified atom stereocenters. The molecule has 0 amide bonds. The molecule has 0 radical (unpaired) electrons. The molecule has 19 heavy (non-hydrogen) atoms. The van der Waals surface area contributed by atoms with Crippen molar-refractivity contribution in [3.63, 3.8) is 0 Å². The lowest BCUT2D eigenvalue weighted by atomic mass is 10.2. The summed E-state index contributed by atoms with van der Waals surface area (Å²) < 4.78 is 4.04. The van der Waals surface area contributed by atoms with E-state index in [0.29, 0.717) is 6.04 Å². The third kappa shape index (κ3) is 2.80. The molecule has 2 rings (SSSR count). The van der Waals surface area contributed by atoms with E-state index < -0.39 is 0 Å². The molecule has 0 atom stereocenters. The summed E-state index contributed by atoms with van der Waals surface area (Å²) in [5.74, 6) is 1.07. The number of aryl methyl sites for hydroxylation is 2. The monoisotopic (exact) mass is 261 g/mol. The molecule has 1 N–H and O–H groups in total. The maximum atomic E-state index is 4.43. The van der Waals surface area contributed by atoms with Crippen LogP contribution in [0.1, 0.15) is 43.8 Å². The molecule has 5 nitrogen and oxygen atoms in total. The van der Waals surface area contributed by atoms with Crippen LogP contribution >= 0.6 is 0 Å². The van der Waals surface area contributed by atoms with Crippen LogP contribution in [0, 0.1) is 13.8 Å². The van der Waals surface area contributed by atoms with Gasteiger partial charge in [-0.2, -0.15) is 10.2 Å². The van der Waals surface area contributed by atoms with E-state index in [2.05, 4.69) is 54.0 Å². The Morgan fingerprint density at radius 2 is 2.05 bits per heavy atom. The van der Waals surface area contributed by atoms with E-state index in [1.54, 1.807) is 0 Å². The second kappa shape index (κ2) is 5.47. The van der Waals surface area contributed by atoms with Gasteiger partial charge >= 0.3 is 0 Å². The molecule has 2 aromatic rings. The maximum Gasteiger partial charge on any atom is 0.124 e. The standard InChI is InChI=1S/C14H23N5/c1-6-18-14(7-11(4)17-18)15-8-13-9-16-19(10(2)3)12(13)5/h7,9-10,15H,6,8H2,1-5H3. The molecule has 0 saturated heterocycles. The first-order chi connectivity index (χ1) is 9.02. The fraction of sp³-hybridized carbons (Fsp3) is 0.571. The zero-order chi connectivity index (χ0) is 14.0. The second-order valence-corrected chi connectivity index (χ2v) is 5.13. The van der Waals surface area contributed by atoms with Gasteiger partial charge in [-0.25, -0.2) is 4.68 Å². The van der Waals surface area contributed by atoms with E-state index in [1.165, 1.54) is 11.3 Å². The van der Waals surface area contributed by atoms with Crippen molar-refractivity contribution < 1.29 is 0 Å². The Hall–Kier alpha value is -1.78. The lowest BCUT2D eigenvalue weighted by molar-refractivity contribution is 0.518. The van der Waals surface area contributed by atoms with Crippen molar-refractivity contribution in [2.75, 3.05) is 5.32 Å². The Morgan fingerprint density at radius 1 is 1.32 bits per heavy atom. The highest BCUT2D eigenvalue weighted by Crippen LogP contribution is 2.16. The molecular formula is C14H23N5. The molecule has 5 heteroatoms. The van der Waals surface area contributed by atoms with Gasteiger partial charge in [0.2, 0.25) is 0 Å². The van der Waals surface area contributed by atoms with Crippen LogP contribution in [0.2, 0.25) is 0 Å². The predicted molar refractivity (Wildman–Crippen MR) is 77.3 cm³/mol. The van der Waals surface area contributed by atoms with Gasteiger partial charge in [0, 0.05) is 36.5 Å². The first kappa shape index (κ1) is 13.6. The van der Waals surface area contributed by atoms with Gasteiger partial charge in [0.1, 0.15) is 5.82 Å². The van der Waals surface area contributed by atoms with Crippen LogP contribution in [-0.4, -0.2) is 19.6 Å². The number of nitrogens with one attached hydrogen (secondary N) is 1. The highest BCUT2D eigenvalue weighted by molar-refractivity contribution is 5.38. The van der Waals surface area contributed by atoms with E-state index in [9.17, 15) is 0 Å². The van der Waals surface area contributed by atoms with Crippen LogP contribution in [0.25, 0.3) is 0 Å². The molecule has 0 spiro atoms. The Balaban J connectivity index is 2.10. The molecule has 104 valence electrons. The zero-order valence-corrected chi connectivity index (χ0v) is 12.4. The minimum atomic E-state index is 0.400. The number of aromatic nitrogens is 4. The van der Waals surface area contributed by atoms with Gasteiger partial charge in [-0.05, 0) is 34.6 Å². The van der Waals surface area contributed by atoms with Gasteiger partial charge in [0.25, 0.3) is 0 Å². The second-order valence-electron chi connectivity index (χ2n) is 5.13. The van der Waals surface area contributed by atoms with E-state index >= 15 is 0 Å². The molecule has 0 fully saturated rings. The van der Waals surface area contributed by atoms with E-state index in [-0.39, 0.29) is 0 Å². The fourth-order valence-electron chi connectivity index (χ4n) is 2.27. The average Bonchev–Trinajstić information content (AvgIpc) is 2.90. The summed E-state index contributed by atoms with van der Waals surface area (Å²) in [7, 11) is 0. The van der Waals surface area contributed by atoms with Gasteiger partial charge in [-0.3, -0.25) is 4.68 Å². The Kier molecular flexibility index (Phi) is 3.93. The number of nitrogens with zero attached hydrogens (tertiary/aromatic N) is 4. The first-order valence-electron chi connectivity index (χ1n) is 6.84. The van der Waals surface area contributed by atoms with Crippen molar-refractivity contribution >= 4 is 5.82 Å². The molecule has 2 heterocycles. The Bertz CT molecular complexity index is 550.